The van der Waals surface area contributed by atoms with E-state index in [-0.39, 0.29) is 0 Å². The standard InChI is InChI=1S/C28H30N2O/c1-3-4-5-12-18-29-27-17-19-30(23-15-10-7-11-16-23)28-25(22-13-8-6-9-14-22)20-24(31-2)21-26(27)28/h6-11,13-17,19-21H,3-5,12,18H2,1-2H3/p+1. The predicted molar refractivity (Wildman–Crippen MR) is 130 cm³/mol. The van der Waals surface area contributed by atoms with E-state index in [1.54, 1.807) is 7.11 Å². The van der Waals surface area contributed by atoms with Gasteiger partial charge in [-0.25, -0.2) is 0 Å². The fourth-order valence-electron chi connectivity index (χ4n) is 4.07. The second-order valence-electron chi connectivity index (χ2n) is 7.86. The summed E-state index contributed by atoms with van der Waals surface area (Å²) in [6.45, 7) is 3.22. The van der Waals surface area contributed by atoms with E-state index in [0.717, 1.165) is 29.2 Å². The molecule has 3 heteroatoms. The molecule has 0 amide bonds. The zero-order valence-corrected chi connectivity index (χ0v) is 18.5. The van der Waals surface area contributed by atoms with Crippen molar-refractivity contribution < 1.29 is 9.30 Å². The zero-order valence-electron chi connectivity index (χ0n) is 18.5. The predicted octanol–water partition coefficient (Wildman–Crippen LogP) is 6.78. The lowest BCUT2D eigenvalue weighted by Gasteiger charge is -2.14. The van der Waals surface area contributed by atoms with E-state index in [1.807, 2.05) is 0 Å². The molecule has 0 spiro atoms. The summed E-state index contributed by atoms with van der Waals surface area (Å²) in [6, 6.07) is 27.5. The summed E-state index contributed by atoms with van der Waals surface area (Å²) in [5.41, 5.74) is 5.81. The lowest BCUT2D eigenvalue weighted by Crippen LogP contribution is -2.32. The summed E-state index contributed by atoms with van der Waals surface area (Å²) in [6.07, 6.45) is 7.15. The summed E-state index contributed by atoms with van der Waals surface area (Å²) in [4.78, 5) is 0. The third kappa shape index (κ3) is 4.72. The van der Waals surface area contributed by atoms with Crippen LogP contribution in [0, 0.1) is 0 Å². The molecule has 0 aliphatic heterocycles. The number of methoxy groups -OCH3 is 1. The van der Waals surface area contributed by atoms with Crippen molar-refractivity contribution in [2.24, 2.45) is 0 Å². The second kappa shape index (κ2) is 10.1. The first-order chi connectivity index (χ1) is 15.3. The molecule has 0 saturated carbocycles. The quantitative estimate of drug-likeness (QED) is 0.242. The first-order valence-electron chi connectivity index (χ1n) is 11.2. The highest BCUT2D eigenvalue weighted by molar-refractivity contribution is 5.99. The largest absolute Gasteiger partial charge is 0.497 e. The molecule has 0 radical (unpaired) electrons. The first-order valence-corrected chi connectivity index (χ1v) is 11.2. The second-order valence-corrected chi connectivity index (χ2v) is 7.86. The summed E-state index contributed by atoms with van der Waals surface area (Å²) in [5, 5.41) is 4.85. The number of para-hydroxylation sites is 1. The molecule has 0 saturated heterocycles. The number of fused-ring (bicyclic) bond motifs is 1. The zero-order chi connectivity index (χ0) is 21.5. The van der Waals surface area contributed by atoms with Gasteiger partial charge in [0, 0.05) is 24.7 Å². The van der Waals surface area contributed by atoms with Crippen LogP contribution in [0.15, 0.2) is 85.1 Å². The molecule has 31 heavy (non-hydrogen) atoms. The van der Waals surface area contributed by atoms with Crippen LogP contribution in [0.2, 0.25) is 0 Å². The normalized spacial score (nSPS) is 10.9. The molecule has 0 aliphatic rings. The summed E-state index contributed by atoms with van der Waals surface area (Å²) in [5.74, 6) is 0.867. The van der Waals surface area contributed by atoms with Gasteiger partial charge < -0.3 is 10.1 Å². The molecular formula is C28H31N2O+. The maximum atomic E-state index is 5.71. The van der Waals surface area contributed by atoms with Gasteiger partial charge in [0.05, 0.1) is 23.7 Å². The molecular weight excluding hydrogens is 380 g/mol. The Morgan fingerprint density at radius 1 is 0.839 bits per heavy atom. The maximum absolute atomic E-state index is 5.71. The van der Waals surface area contributed by atoms with E-state index < -0.39 is 0 Å². The van der Waals surface area contributed by atoms with E-state index in [4.69, 9.17) is 4.74 Å². The molecule has 4 aromatic rings. The molecule has 1 N–H and O–H groups in total. The van der Waals surface area contributed by atoms with Crippen LogP contribution < -0.4 is 14.6 Å². The Kier molecular flexibility index (Phi) is 6.83. The number of anilines is 1. The molecule has 3 nitrogen and oxygen atoms in total. The molecule has 0 unspecified atom stereocenters. The minimum atomic E-state index is 0.867. The molecule has 1 aromatic heterocycles. The number of hydrogen-bond acceptors (Lipinski definition) is 2. The molecule has 1 heterocycles. The van der Waals surface area contributed by atoms with Gasteiger partial charge in [0.25, 0.3) is 0 Å². The minimum Gasteiger partial charge on any atom is -0.497 e. The smallest absolute Gasteiger partial charge is 0.228 e. The van der Waals surface area contributed by atoms with Crippen molar-refractivity contribution in [2.75, 3.05) is 19.0 Å². The SMILES string of the molecule is CCCCCCNc1cc[n+](-c2ccccc2)c2c(-c3ccccc3)cc(OC)cc12. The summed E-state index contributed by atoms with van der Waals surface area (Å²) >= 11 is 0. The Labute approximate surface area is 185 Å². The van der Waals surface area contributed by atoms with Crippen LogP contribution in [0.25, 0.3) is 27.7 Å². The van der Waals surface area contributed by atoms with Crippen molar-refractivity contribution in [3.05, 3.63) is 85.1 Å². The fraction of sp³-hybridized carbons (Fsp3) is 0.250. The lowest BCUT2D eigenvalue weighted by molar-refractivity contribution is -0.566. The van der Waals surface area contributed by atoms with Crippen molar-refractivity contribution in [1.82, 2.24) is 0 Å². The van der Waals surface area contributed by atoms with Gasteiger partial charge in [-0.15, -0.1) is 0 Å². The van der Waals surface area contributed by atoms with Crippen LogP contribution in [-0.4, -0.2) is 13.7 Å². The van der Waals surface area contributed by atoms with Crippen molar-refractivity contribution in [3.8, 4) is 22.6 Å². The molecule has 4 rings (SSSR count). The molecule has 0 atom stereocenters. The van der Waals surface area contributed by atoms with Gasteiger partial charge in [-0.2, -0.15) is 4.57 Å². The van der Waals surface area contributed by atoms with E-state index in [1.165, 1.54) is 42.1 Å². The number of pyridine rings is 1. The molecule has 0 aliphatic carbocycles. The number of aromatic nitrogens is 1. The van der Waals surface area contributed by atoms with Crippen LogP contribution in [0.4, 0.5) is 5.69 Å². The lowest BCUT2D eigenvalue weighted by atomic mass is 9.99. The maximum Gasteiger partial charge on any atom is 0.228 e. The number of ether oxygens (including phenoxy) is 1. The monoisotopic (exact) mass is 411 g/mol. The number of nitrogens with zero attached hydrogens (tertiary/aromatic N) is 1. The highest BCUT2D eigenvalue weighted by atomic mass is 16.5. The van der Waals surface area contributed by atoms with Gasteiger partial charge in [-0.3, -0.25) is 0 Å². The Morgan fingerprint density at radius 2 is 1.58 bits per heavy atom. The van der Waals surface area contributed by atoms with Gasteiger partial charge in [0.15, 0.2) is 6.20 Å². The average molecular weight is 412 g/mol. The van der Waals surface area contributed by atoms with Crippen molar-refractivity contribution >= 4 is 16.6 Å². The highest BCUT2D eigenvalue weighted by Crippen LogP contribution is 2.35. The first kappa shape index (κ1) is 20.9. The van der Waals surface area contributed by atoms with Gasteiger partial charge in [-0.1, -0.05) is 74.7 Å². The van der Waals surface area contributed by atoms with Gasteiger partial charge in [-0.05, 0) is 24.1 Å². The Morgan fingerprint density at radius 3 is 2.29 bits per heavy atom. The number of benzene rings is 3. The third-order valence-corrected chi connectivity index (χ3v) is 5.71. The molecule has 3 aromatic carbocycles. The minimum absolute atomic E-state index is 0.867. The van der Waals surface area contributed by atoms with Crippen molar-refractivity contribution in [1.29, 1.82) is 0 Å². The molecule has 0 fully saturated rings. The van der Waals surface area contributed by atoms with E-state index in [2.05, 4.69) is 102 Å². The van der Waals surface area contributed by atoms with Crippen LogP contribution in [0.1, 0.15) is 32.6 Å². The van der Waals surface area contributed by atoms with Crippen molar-refractivity contribution in [2.45, 2.75) is 32.6 Å². The summed E-state index contributed by atoms with van der Waals surface area (Å²) in [7, 11) is 1.74. The third-order valence-electron chi connectivity index (χ3n) is 5.71. The van der Waals surface area contributed by atoms with E-state index >= 15 is 0 Å². The van der Waals surface area contributed by atoms with Crippen molar-refractivity contribution in [3.63, 3.8) is 0 Å². The average Bonchev–Trinajstić information content (AvgIpc) is 2.84. The fourth-order valence-corrected chi connectivity index (χ4v) is 4.07. The van der Waals surface area contributed by atoms with Crippen LogP contribution in [0.3, 0.4) is 0 Å². The van der Waals surface area contributed by atoms with E-state index in [0.29, 0.717) is 0 Å². The molecule has 0 bridgehead atoms. The Hall–Kier alpha value is -3.33. The highest BCUT2D eigenvalue weighted by Gasteiger charge is 2.21. The summed E-state index contributed by atoms with van der Waals surface area (Å²) < 4.78 is 7.98. The number of unbranched alkanes of at least 4 members (excludes halogenated alkanes) is 3. The number of nitrogens with one attached hydrogen (secondary N) is 1. The van der Waals surface area contributed by atoms with Crippen LogP contribution in [-0.2, 0) is 0 Å². The van der Waals surface area contributed by atoms with Gasteiger partial charge in [0.1, 0.15) is 5.75 Å². The Balaban J connectivity index is 1.89. The van der Waals surface area contributed by atoms with E-state index in [9.17, 15) is 0 Å². The van der Waals surface area contributed by atoms with Crippen LogP contribution in [0.5, 0.6) is 5.75 Å². The topological polar surface area (TPSA) is 25.1 Å². The molecule has 158 valence electrons. The Bertz CT molecular complexity index is 1120. The number of rotatable bonds is 9. The van der Waals surface area contributed by atoms with Crippen LogP contribution >= 0.6 is 0 Å². The number of hydrogen-bond donors (Lipinski definition) is 1. The van der Waals surface area contributed by atoms with Gasteiger partial charge >= 0.3 is 0 Å². The van der Waals surface area contributed by atoms with Gasteiger partial charge in [0.2, 0.25) is 11.2 Å².